The predicted octanol–water partition coefficient (Wildman–Crippen LogP) is 3.40. The fraction of sp³-hybridized carbons (Fsp3) is 0.478. The number of benzene rings is 1. The zero-order valence-corrected chi connectivity index (χ0v) is 16.1. The van der Waals surface area contributed by atoms with E-state index in [4.69, 9.17) is 0 Å². The van der Waals surface area contributed by atoms with Crippen molar-refractivity contribution in [1.29, 1.82) is 0 Å². The Morgan fingerprint density at radius 3 is 2.48 bits per heavy atom. The molecule has 1 aromatic carbocycles. The number of carbonyl (C=O) groups is 1. The molecule has 0 spiro atoms. The molecule has 5 heterocycles. The largest absolute Gasteiger partial charge is 0.332 e. The molecule has 4 aliphatic heterocycles. The molecular formula is C23H27N3O. The van der Waals surface area contributed by atoms with Crippen LogP contribution in [0.2, 0.25) is 0 Å². The van der Waals surface area contributed by atoms with Gasteiger partial charge in [0.25, 0.3) is 5.91 Å². The molecule has 4 nitrogen and oxygen atoms in total. The zero-order chi connectivity index (χ0) is 18.5. The van der Waals surface area contributed by atoms with Crippen LogP contribution in [0.1, 0.15) is 45.9 Å². The van der Waals surface area contributed by atoms with E-state index >= 15 is 0 Å². The van der Waals surface area contributed by atoms with Gasteiger partial charge in [0.15, 0.2) is 0 Å². The molecule has 4 saturated heterocycles. The van der Waals surface area contributed by atoms with Crippen molar-refractivity contribution < 1.29 is 4.79 Å². The van der Waals surface area contributed by atoms with E-state index in [1.165, 1.54) is 37.1 Å². The minimum atomic E-state index is 0.117. The maximum atomic E-state index is 13.5. The lowest BCUT2D eigenvalue weighted by Crippen LogP contribution is -2.60. The Bertz CT molecular complexity index is 854. The summed E-state index contributed by atoms with van der Waals surface area (Å²) in [5.41, 5.74) is 4.25. The molecule has 0 unspecified atom stereocenters. The standard InChI is InChI=1S/C23H27N3O/c1-15-5-7-17(8-6-15)19-14-26(23(27)20-16(2)4-3-11-24-20)21-18-9-12-25(13-10-18)22(19)21/h3-8,11,18-19,21-22H,9-10,12-14H2,1-2H3/t19-,21-,22-/m1/s1. The zero-order valence-electron chi connectivity index (χ0n) is 16.1. The Morgan fingerprint density at radius 1 is 1.04 bits per heavy atom. The summed E-state index contributed by atoms with van der Waals surface area (Å²) < 4.78 is 0. The van der Waals surface area contributed by atoms with Crippen LogP contribution in [0.5, 0.6) is 0 Å². The van der Waals surface area contributed by atoms with E-state index in [2.05, 4.69) is 46.0 Å². The second-order valence-electron chi connectivity index (χ2n) is 8.50. The van der Waals surface area contributed by atoms with Gasteiger partial charge in [0.2, 0.25) is 0 Å². The Labute approximate surface area is 161 Å². The molecule has 27 heavy (non-hydrogen) atoms. The van der Waals surface area contributed by atoms with Crippen LogP contribution in [0.15, 0.2) is 42.6 Å². The number of aromatic nitrogens is 1. The molecule has 1 amide bonds. The van der Waals surface area contributed by atoms with Crippen molar-refractivity contribution in [3.05, 3.63) is 65.0 Å². The molecule has 3 atom stereocenters. The first-order valence-electron chi connectivity index (χ1n) is 10.2. The fourth-order valence-electron chi connectivity index (χ4n) is 5.61. The average molecular weight is 361 g/mol. The van der Waals surface area contributed by atoms with Crippen LogP contribution in [0.4, 0.5) is 0 Å². The lowest BCUT2D eigenvalue weighted by Gasteiger charge is -2.51. The molecule has 4 aliphatic rings. The summed E-state index contributed by atoms with van der Waals surface area (Å²) in [6, 6.07) is 13.6. The number of likely N-dealkylation sites (tertiary alicyclic amines) is 1. The lowest BCUT2D eigenvalue weighted by molar-refractivity contribution is -0.00360. The van der Waals surface area contributed by atoms with Crippen molar-refractivity contribution in [3.8, 4) is 0 Å². The van der Waals surface area contributed by atoms with Crippen molar-refractivity contribution in [3.63, 3.8) is 0 Å². The van der Waals surface area contributed by atoms with Gasteiger partial charge in [0.05, 0.1) is 6.04 Å². The first-order valence-corrected chi connectivity index (χ1v) is 10.2. The summed E-state index contributed by atoms with van der Waals surface area (Å²) in [5.74, 6) is 1.14. The molecule has 2 bridgehead atoms. The van der Waals surface area contributed by atoms with Crippen LogP contribution in [0, 0.1) is 19.8 Å². The number of piperidine rings is 3. The molecule has 0 saturated carbocycles. The van der Waals surface area contributed by atoms with Gasteiger partial charge < -0.3 is 4.90 Å². The second kappa shape index (κ2) is 6.45. The third-order valence-electron chi connectivity index (χ3n) is 6.97. The quantitative estimate of drug-likeness (QED) is 0.823. The van der Waals surface area contributed by atoms with E-state index in [1.807, 2.05) is 19.1 Å². The number of aryl methyl sites for hydroxylation is 2. The number of nitrogens with zero attached hydrogens (tertiary/aromatic N) is 3. The molecule has 1 aromatic heterocycles. The van der Waals surface area contributed by atoms with E-state index in [9.17, 15) is 4.79 Å². The van der Waals surface area contributed by atoms with E-state index in [0.29, 0.717) is 29.6 Å². The first kappa shape index (κ1) is 16.9. The molecule has 0 N–H and O–H groups in total. The van der Waals surface area contributed by atoms with Gasteiger partial charge in [0.1, 0.15) is 5.69 Å². The third-order valence-corrected chi connectivity index (χ3v) is 6.97. The predicted molar refractivity (Wildman–Crippen MR) is 106 cm³/mol. The van der Waals surface area contributed by atoms with E-state index in [-0.39, 0.29) is 5.91 Å². The van der Waals surface area contributed by atoms with Crippen LogP contribution < -0.4 is 0 Å². The van der Waals surface area contributed by atoms with E-state index in [1.54, 1.807) is 6.20 Å². The topological polar surface area (TPSA) is 36.4 Å². The summed E-state index contributed by atoms with van der Waals surface area (Å²) in [4.78, 5) is 22.7. The van der Waals surface area contributed by atoms with Crippen molar-refractivity contribution >= 4 is 5.91 Å². The van der Waals surface area contributed by atoms with Gasteiger partial charge in [-0.15, -0.1) is 0 Å². The van der Waals surface area contributed by atoms with E-state index < -0.39 is 0 Å². The summed E-state index contributed by atoms with van der Waals surface area (Å²) in [6.45, 7) is 7.28. The maximum absolute atomic E-state index is 13.5. The average Bonchev–Trinajstić information content (AvgIpc) is 3.12. The maximum Gasteiger partial charge on any atom is 0.273 e. The summed E-state index contributed by atoms with van der Waals surface area (Å²) in [7, 11) is 0. The number of hydrogen-bond donors (Lipinski definition) is 0. The van der Waals surface area contributed by atoms with Crippen LogP contribution in [0.3, 0.4) is 0 Å². The van der Waals surface area contributed by atoms with Crippen LogP contribution in [-0.2, 0) is 0 Å². The summed E-state index contributed by atoms with van der Waals surface area (Å²) in [6.07, 6.45) is 4.17. The van der Waals surface area contributed by atoms with Crippen LogP contribution in [0.25, 0.3) is 0 Å². The Kier molecular flexibility index (Phi) is 4.05. The molecule has 4 fully saturated rings. The second-order valence-corrected chi connectivity index (χ2v) is 8.50. The Morgan fingerprint density at radius 2 is 1.78 bits per heavy atom. The van der Waals surface area contributed by atoms with Gasteiger partial charge in [0, 0.05) is 24.7 Å². The monoisotopic (exact) mass is 361 g/mol. The number of fused-ring (bicyclic) bond motifs is 2. The number of rotatable bonds is 2. The summed E-state index contributed by atoms with van der Waals surface area (Å²) >= 11 is 0. The highest BCUT2D eigenvalue weighted by molar-refractivity contribution is 5.94. The van der Waals surface area contributed by atoms with Gasteiger partial charge >= 0.3 is 0 Å². The molecule has 2 aromatic rings. The number of carbonyl (C=O) groups excluding carboxylic acids is 1. The molecule has 0 radical (unpaired) electrons. The fourth-order valence-corrected chi connectivity index (χ4v) is 5.61. The summed E-state index contributed by atoms with van der Waals surface area (Å²) in [5, 5.41) is 0. The highest BCUT2D eigenvalue weighted by Gasteiger charge is 2.54. The van der Waals surface area contributed by atoms with Gasteiger partial charge in [-0.05, 0) is 62.9 Å². The van der Waals surface area contributed by atoms with Crippen molar-refractivity contribution in [2.45, 2.75) is 44.7 Å². The van der Waals surface area contributed by atoms with Crippen LogP contribution >= 0.6 is 0 Å². The molecule has 4 heteroatoms. The number of pyridine rings is 1. The van der Waals surface area contributed by atoms with Gasteiger partial charge in [-0.2, -0.15) is 0 Å². The molecule has 0 aliphatic carbocycles. The first-order chi connectivity index (χ1) is 13.1. The van der Waals surface area contributed by atoms with E-state index in [0.717, 1.165) is 12.1 Å². The molecule has 140 valence electrons. The Balaban J connectivity index is 1.53. The smallest absolute Gasteiger partial charge is 0.273 e. The number of hydrogen-bond acceptors (Lipinski definition) is 3. The highest BCUT2D eigenvalue weighted by atomic mass is 16.2. The highest BCUT2D eigenvalue weighted by Crippen LogP contribution is 2.47. The minimum Gasteiger partial charge on any atom is -0.332 e. The van der Waals surface area contributed by atoms with Crippen molar-refractivity contribution in [2.24, 2.45) is 5.92 Å². The van der Waals surface area contributed by atoms with Crippen LogP contribution in [-0.4, -0.2) is 52.4 Å². The normalized spacial score (nSPS) is 31.8. The minimum absolute atomic E-state index is 0.117. The number of amides is 1. The van der Waals surface area contributed by atoms with Crippen molar-refractivity contribution in [1.82, 2.24) is 14.8 Å². The SMILES string of the molecule is Cc1ccc([C@H]2CN(C(=O)c3ncccc3C)[C@@H]3C4CCN(CC4)[C@H]23)cc1. The van der Waals surface area contributed by atoms with Gasteiger partial charge in [-0.25, -0.2) is 0 Å². The molecule has 6 rings (SSSR count). The lowest BCUT2D eigenvalue weighted by atomic mass is 9.75. The third kappa shape index (κ3) is 2.69. The van der Waals surface area contributed by atoms with Gasteiger partial charge in [-0.1, -0.05) is 35.9 Å². The molecular weight excluding hydrogens is 334 g/mol. The Hall–Kier alpha value is -2.20. The van der Waals surface area contributed by atoms with Gasteiger partial charge in [-0.3, -0.25) is 14.7 Å². The van der Waals surface area contributed by atoms with Crippen molar-refractivity contribution in [2.75, 3.05) is 19.6 Å².